The predicted octanol–water partition coefficient (Wildman–Crippen LogP) is 2.19. The molecule has 0 bridgehead atoms. The number of carbonyl (C=O) groups excluding carboxylic acids is 2. The minimum absolute atomic E-state index is 0.141. The number of ether oxygens (including phenoxy) is 2. The average Bonchev–Trinajstić information content (AvgIpc) is 2.64. The van der Waals surface area contributed by atoms with Crippen LogP contribution < -0.4 is 15.2 Å². The molecule has 0 aliphatic rings. The van der Waals surface area contributed by atoms with E-state index in [1.807, 2.05) is 32.9 Å². The number of amides is 1. The summed E-state index contributed by atoms with van der Waals surface area (Å²) < 4.78 is 33.1. The van der Waals surface area contributed by atoms with Gasteiger partial charge >= 0.3 is 5.97 Å². The second-order valence-corrected chi connectivity index (χ2v) is 8.88. The minimum atomic E-state index is -3.89. The molecule has 29 heavy (non-hydrogen) atoms. The van der Waals surface area contributed by atoms with Gasteiger partial charge in [-0.05, 0) is 35.2 Å². The van der Waals surface area contributed by atoms with Gasteiger partial charge in [-0.2, -0.15) is 0 Å². The number of nitrogens with one attached hydrogen (secondary N) is 1. The Balaban J connectivity index is 1.87. The molecular weight excluding hydrogens is 396 g/mol. The fourth-order valence-corrected chi connectivity index (χ4v) is 3.04. The van der Waals surface area contributed by atoms with E-state index in [2.05, 4.69) is 5.32 Å². The maximum atomic E-state index is 11.9. The molecule has 0 atom stereocenters. The van der Waals surface area contributed by atoms with E-state index in [1.54, 1.807) is 12.1 Å². The maximum Gasteiger partial charge on any atom is 0.344 e. The number of anilines is 1. The van der Waals surface area contributed by atoms with Gasteiger partial charge in [0.25, 0.3) is 5.91 Å². The number of hydrogen-bond acceptors (Lipinski definition) is 6. The van der Waals surface area contributed by atoms with Crippen molar-refractivity contribution in [3.05, 3.63) is 54.1 Å². The summed E-state index contributed by atoms with van der Waals surface area (Å²) in [6.07, 6.45) is 0. The van der Waals surface area contributed by atoms with Gasteiger partial charge < -0.3 is 14.8 Å². The van der Waals surface area contributed by atoms with Crippen molar-refractivity contribution in [2.24, 2.45) is 5.14 Å². The highest BCUT2D eigenvalue weighted by Crippen LogP contribution is 2.30. The lowest BCUT2D eigenvalue weighted by Crippen LogP contribution is -2.24. The summed E-state index contributed by atoms with van der Waals surface area (Å²) in [6, 6.07) is 12.8. The second kappa shape index (κ2) is 9.06. The Kier molecular flexibility index (Phi) is 6.99. The Bertz CT molecular complexity index is 996. The van der Waals surface area contributed by atoms with Crippen LogP contribution in [0.4, 0.5) is 5.69 Å². The van der Waals surface area contributed by atoms with Crippen LogP contribution >= 0.6 is 0 Å². The Hall–Kier alpha value is -2.91. The summed E-state index contributed by atoms with van der Waals surface area (Å²) >= 11 is 0. The van der Waals surface area contributed by atoms with Gasteiger partial charge in [0.2, 0.25) is 10.0 Å². The summed E-state index contributed by atoms with van der Waals surface area (Å²) in [7, 11) is -3.89. The maximum absolute atomic E-state index is 11.9. The summed E-state index contributed by atoms with van der Waals surface area (Å²) in [4.78, 5) is 23.7. The molecular formula is C20H24N2O6S. The number of hydrogen-bond donors (Lipinski definition) is 2. The van der Waals surface area contributed by atoms with Crippen LogP contribution in [0.2, 0.25) is 0 Å². The number of sulfonamides is 1. The predicted molar refractivity (Wildman–Crippen MR) is 108 cm³/mol. The summed E-state index contributed by atoms with van der Waals surface area (Å²) in [5, 5.41) is 7.49. The number of primary sulfonamides is 1. The number of benzene rings is 2. The first-order valence-corrected chi connectivity index (χ1v) is 10.3. The third-order valence-electron chi connectivity index (χ3n) is 3.85. The number of para-hydroxylation sites is 1. The highest BCUT2D eigenvalue weighted by Gasteiger charge is 2.19. The topological polar surface area (TPSA) is 125 Å². The molecule has 0 heterocycles. The first kappa shape index (κ1) is 22.4. The number of nitrogens with two attached hydrogens (primary N) is 1. The van der Waals surface area contributed by atoms with Crippen LogP contribution in [0.1, 0.15) is 26.3 Å². The molecule has 0 radical (unpaired) electrons. The smallest absolute Gasteiger partial charge is 0.344 e. The number of carbonyl (C=O) groups is 2. The molecule has 2 aromatic rings. The first-order valence-electron chi connectivity index (χ1n) is 8.77. The molecule has 3 N–H and O–H groups in total. The van der Waals surface area contributed by atoms with Crippen LogP contribution in [0.5, 0.6) is 5.75 Å². The zero-order valence-electron chi connectivity index (χ0n) is 16.5. The van der Waals surface area contributed by atoms with Gasteiger partial charge in [0.15, 0.2) is 13.2 Å². The van der Waals surface area contributed by atoms with Gasteiger partial charge in [-0.3, -0.25) is 4.79 Å². The van der Waals surface area contributed by atoms with E-state index in [1.165, 1.54) is 24.3 Å². The Morgan fingerprint density at radius 2 is 1.72 bits per heavy atom. The van der Waals surface area contributed by atoms with Crippen molar-refractivity contribution in [3.63, 3.8) is 0 Å². The van der Waals surface area contributed by atoms with Crippen molar-refractivity contribution in [1.82, 2.24) is 0 Å². The zero-order chi connectivity index (χ0) is 21.7. The standard InChI is InChI=1S/C20H24N2O6S/c1-20(2,3)16-9-4-5-10-17(16)27-13-19(24)28-12-18(23)22-14-7-6-8-15(11-14)29(21,25)26/h4-11H,12-13H2,1-3H3,(H,22,23)(H2,21,25,26). The lowest BCUT2D eigenvalue weighted by Gasteiger charge is -2.22. The van der Waals surface area contributed by atoms with Crippen LogP contribution in [0.25, 0.3) is 0 Å². The van der Waals surface area contributed by atoms with Gasteiger partial charge in [0, 0.05) is 5.69 Å². The van der Waals surface area contributed by atoms with Gasteiger partial charge in [-0.1, -0.05) is 45.0 Å². The number of esters is 1. The monoisotopic (exact) mass is 420 g/mol. The Morgan fingerprint density at radius 3 is 2.38 bits per heavy atom. The molecule has 0 saturated heterocycles. The largest absolute Gasteiger partial charge is 0.482 e. The van der Waals surface area contributed by atoms with Gasteiger partial charge in [0.1, 0.15) is 5.75 Å². The normalized spacial score (nSPS) is 11.6. The molecule has 0 spiro atoms. The highest BCUT2D eigenvalue weighted by molar-refractivity contribution is 7.89. The SMILES string of the molecule is CC(C)(C)c1ccccc1OCC(=O)OCC(=O)Nc1cccc(S(N)(=O)=O)c1. The van der Waals surface area contributed by atoms with E-state index in [4.69, 9.17) is 14.6 Å². The van der Waals surface area contributed by atoms with Crippen molar-refractivity contribution in [2.45, 2.75) is 31.1 Å². The molecule has 0 saturated carbocycles. The minimum Gasteiger partial charge on any atom is -0.482 e. The molecule has 2 rings (SSSR count). The van der Waals surface area contributed by atoms with Crippen LogP contribution in [-0.4, -0.2) is 33.5 Å². The van der Waals surface area contributed by atoms with Crippen LogP contribution in [0.3, 0.4) is 0 Å². The number of rotatable bonds is 7. The van der Waals surface area contributed by atoms with Gasteiger partial charge in [-0.25, -0.2) is 18.4 Å². The van der Waals surface area contributed by atoms with Crippen molar-refractivity contribution in [2.75, 3.05) is 18.5 Å². The molecule has 0 aliphatic carbocycles. The average molecular weight is 420 g/mol. The second-order valence-electron chi connectivity index (χ2n) is 7.32. The van der Waals surface area contributed by atoms with Crippen LogP contribution in [-0.2, 0) is 29.8 Å². The summed E-state index contributed by atoms with van der Waals surface area (Å²) in [5.74, 6) is -0.761. The van der Waals surface area contributed by atoms with Crippen molar-refractivity contribution in [1.29, 1.82) is 0 Å². The molecule has 2 aromatic carbocycles. The third kappa shape index (κ3) is 6.88. The van der Waals surface area contributed by atoms with Crippen molar-refractivity contribution < 1.29 is 27.5 Å². The van der Waals surface area contributed by atoms with E-state index >= 15 is 0 Å². The highest BCUT2D eigenvalue weighted by atomic mass is 32.2. The van der Waals surface area contributed by atoms with E-state index < -0.39 is 28.5 Å². The summed E-state index contributed by atoms with van der Waals surface area (Å²) in [5.41, 5.74) is 1.000. The van der Waals surface area contributed by atoms with E-state index in [0.29, 0.717) is 5.75 Å². The lowest BCUT2D eigenvalue weighted by atomic mass is 9.86. The van der Waals surface area contributed by atoms with Crippen LogP contribution in [0, 0.1) is 0 Å². The quantitative estimate of drug-likeness (QED) is 0.662. The van der Waals surface area contributed by atoms with Gasteiger partial charge in [-0.15, -0.1) is 0 Å². The fraction of sp³-hybridized carbons (Fsp3) is 0.300. The third-order valence-corrected chi connectivity index (χ3v) is 4.76. The Morgan fingerprint density at radius 1 is 1.03 bits per heavy atom. The molecule has 0 unspecified atom stereocenters. The molecule has 8 nitrogen and oxygen atoms in total. The lowest BCUT2D eigenvalue weighted by molar-refractivity contribution is -0.149. The van der Waals surface area contributed by atoms with E-state index in [0.717, 1.165) is 5.56 Å². The molecule has 1 amide bonds. The van der Waals surface area contributed by atoms with E-state index in [9.17, 15) is 18.0 Å². The molecule has 156 valence electrons. The molecule has 0 aliphatic heterocycles. The fourth-order valence-electron chi connectivity index (χ4n) is 2.48. The van der Waals surface area contributed by atoms with E-state index in [-0.39, 0.29) is 22.6 Å². The van der Waals surface area contributed by atoms with Crippen LogP contribution in [0.15, 0.2) is 53.4 Å². The van der Waals surface area contributed by atoms with Gasteiger partial charge in [0.05, 0.1) is 4.90 Å². The molecule has 0 aromatic heterocycles. The zero-order valence-corrected chi connectivity index (χ0v) is 17.3. The Labute approximate surface area is 170 Å². The summed E-state index contributed by atoms with van der Waals surface area (Å²) in [6.45, 7) is 5.21. The van der Waals surface area contributed by atoms with Crippen molar-refractivity contribution >= 4 is 27.6 Å². The molecule has 9 heteroatoms. The van der Waals surface area contributed by atoms with Crippen molar-refractivity contribution in [3.8, 4) is 5.75 Å². The first-order chi connectivity index (χ1) is 13.5. The molecule has 0 fully saturated rings.